The molecular weight excluding hydrogens is 154 g/mol. The Morgan fingerprint density at radius 1 is 1.33 bits per heavy atom. The van der Waals surface area contributed by atoms with Gasteiger partial charge < -0.3 is 15.5 Å². The average molecular weight is 167 g/mol. The third-order valence-corrected chi connectivity index (χ3v) is 1.85. The van der Waals surface area contributed by atoms with Crippen molar-refractivity contribution in [3.05, 3.63) is 23.3 Å². The van der Waals surface area contributed by atoms with E-state index >= 15 is 0 Å². The molecule has 0 radical (unpaired) electrons. The number of hydrogen-bond donors (Lipinski definition) is 3. The molecule has 0 unspecified atom stereocenters. The van der Waals surface area contributed by atoms with Crippen molar-refractivity contribution in [3.63, 3.8) is 0 Å². The Morgan fingerprint density at radius 3 is 2.58 bits per heavy atom. The first-order chi connectivity index (χ1) is 5.66. The van der Waals surface area contributed by atoms with Crippen LogP contribution in [0.5, 0.6) is 11.5 Å². The SMILES string of the molecule is CNCc1ccc(O)c(C)c1O. The second-order valence-electron chi connectivity index (χ2n) is 2.75. The summed E-state index contributed by atoms with van der Waals surface area (Å²) in [6, 6.07) is 3.29. The molecule has 0 amide bonds. The van der Waals surface area contributed by atoms with Gasteiger partial charge in [0.2, 0.25) is 0 Å². The fourth-order valence-electron chi connectivity index (χ4n) is 1.08. The second-order valence-corrected chi connectivity index (χ2v) is 2.75. The molecule has 0 heterocycles. The van der Waals surface area contributed by atoms with Crippen LogP contribution >= 0.6 is 0 Å². The molecule has 0 saturated carbocycles. The van der Waals surface area contributed by atoms with Crippen molar-refractivity contribution in [2.24, 2.45) is 0 Å². The van der Waals surface area contributed by atoms with Crippen molar-refractivity contribution in [3.8, 4) is 11.5 Å². The highest BCUT2D eigenvalue weighted by atomic mass is 16.3. The van der Waals surface area contributed by atoms with Crippen LogP contribution in [0.4, 0.5) is 0 Å². The van der Waals surface area contributed by atoms with Crippen LogP contribution in [0.2, 0.25) is 0 Å². The van der Waals surface area contributed by atoms with Crippen molar-refractivity contribution in [2.45, 2.75) is 13.5 Å². The number of rotatable bonds is 2. The van der Waals surface area contributed by atoms with E-state index in [0.29, 0.717) is 12.1 Å². The Bertz CT molecular complexity index is 284. The van der Waals surface area contributed by atoms with Crippen molar-refractivity contribution < 1.29 is 10.2 Å². The number of hydrogen-bond acceptors (Lipinski definition) is 3. The van der Waals surface area contributed by atoms with Crippen molar-refractivity contribution in [1.82, 2.24) is 5.32 Å². The summed E-state index contributed by atoms with van der Waals surface area (Å²) in [6.07, 6.45) is 0. The molecule has 3 N–H and O–H groups in total. The molecular formula is C9H13NO2. The van der Waals surface area contributed by atoms with Gasteiger partial charge >= 0.3 is 0 Å². The number of nitrogens with one attached hydrogen (secondary N) is 1. The zero-order valence-corrected chi connectivity index (χ0v) is 7.26. The van der Waals surface area contributed by atoms with E-state index in [4.69, 9.17) is 0 Å². The lowest BCUT2D eigenvalue weighted by molar-refractivity contribution is 0.437. The van der Waals surface area contributed by atoms with Crippen molar-refractivity contribution in [2.75, 3.05) is 7.05 Å². The third-order valence-electron chi connectivity index (χ3n) is 1.85. The van der Waals surface area contributed by atoms with E-state index in [1.165, 1.54) is 0 Å². The standard InChI is InChI=1S/C9H13NO2/c1-6-8(11)4-3-7(5-10-2)9(6)12/h3-4,10-12H,5H2,1-2H3. The highest BCUT2D eigenvalue weighted by molar-refractivity contribution is 5.47. The van der Waals surface area contributed by atoms with Gasteiger partial charge in [-0.15, -0.1) is 0 Å². The molecule has 0 spiro atoms. The fraction of sp³-hybridized carbons (Fsp3) is 0.333. The largest absolute Gasteiger partial charge is 0.508 e. The average Bonchev–Trinajstić information content (AvgIpc) is 2.07. The van der Waals surface area contributed by atoms with E-state index in [-0.39, 0.29) is 11.5 Å². The van der Waals surface area contributed by atoms with Crippen molar-refractivity contribution in [1.29, 1.82) is 0 Å². The zero-order valence-electron chi connectivity index (χ0n) is 7.26. The van der Waals surface area contributed by atoms with Gasteiger partial charge in [0, 0.05) is 17.7 Å². The molecule has 0 bridgehead atoms. The molecule has 12 heavy (non-hydrogen) atoms. The van der Waals surface area contributed by atoms with E-state index in [1.54, 1.807) is 19.1 Å². The lowest BCUT2D eigenvalue weighted by atomic mass is 10.1. The van der Waals surface area contributed by atoms with E-state index in [1.807, 2.05) is 7.05 Å². The van der Waals surface area contributed by atoms with Gasteiger partial charge in [-0.2, -0.15) is 0 Å². The third kappa shape index (κ3) is 1.51. The first-order valence-corrected chi connectivity index (χ1v) is 3.82. The minimum Gasteiger partial charge on any atom is -0.508 e. The Labute approximate surface area is 71.7 Å². The van der Waals surface area contributed by atoms with Gasteiger partial charge in [0.15, 0.2) is 0 Å². The number of phenolic OH excluding ortho intramolecular Hbond substituents is 2. The molecule has 0 atom stereocenters. The van der Waals surface area contributed by atoms with E-state index in [9.17, 15) is 10.2 Å². The van der Waals surface area contributed by atoms with Crippen LogP contribution in [0, 0.1) is 6.92 Å². The van der Waals surface area contributed by atoms with Crippen LogP contribution < -0.4 is 5.32 Å². The van der Waals surface area contributed by atoms with Crippen LogP contribution in [-0.2, 0) is 6.54 Å². The minimum atomic E-state index is 0.132. The number of phenols is 2. The molecule has 0 aliphatic heterocycles. The monoisotopic (exact) mass is 167 g/mol. The summed E-state index contributed by atoms with van der Waals surface area (Å²) >= 11 is 0. The van der Waals surface area contributed by atoms with Crippen molar-refractivity contribution >= 4 is 0 Å². The van der Waals surface area contributed by atoms with Crippen LogP contribution in [-0.4, -0.2) is 17.3 Å². The Balaban J connectivity index is 3.08. The summed E-state index contributed by atoms with van der Waals surface area (Å²) in [5.74, 6) is 0.303. The van der Waals surface area contributed by atoms with Crippen LogP contribution in [0.3, 0.4) is 0 Å². The summed E-state index contributed by atoms with van der Waals surface area (Å²) in [5, 5.41) is 21.7. The predicted molar refractivity (Wildman–Crippen MR) is 47.3 cm³/mol. The smallest absolute Gasteiger partial charge is 0.126 e. The summed E-state index contributed by atoms with van der Waals surface area (Å²) in [7, 11) is 1.81. The molecule has 3 heteroatoms. The van der Waals surface area contributed by atoms with E-state index < -0.39 is 0 Å². The van der Waals surface area contributed by atoms with Gasteiger partial charge in [0.25, 0.3) is 0 Å². The van der Waals surface area contributed by atoms with Crippen LogP contribution in [0.1, 0.15) is 11.1 Å². The molecule has 1 aromatic rings. The molecule has 0 saturated heterocycles. The maximum absolute atomic E-state index is 9.51. The summed E-state index contributed by atoms with van der Waals surface area (Å²) in [5.41, 5.74) is 1.33. The van der Waals surface area contributed by atoms with E-state index in [0.717, 1.165) is 5.56 Å². The molecule has 0 aliphatic carbocycles. The Kier molecular flexibility index (Phi) is 2.55. The van der Waals surface area contributed by atoms with Gasteiger partial charge in [-0.05, 0) is 20.0 Å². The minimum absolute atomic E-state index is 0.132. The normalized spacial score (nSPS) is 10.2. The topological polar surface area (TPSA) is 52.5 Å². The summed E-state index contributed by atoms with van der Waals surface area (Å²) < 4.78 is 0. The summed E-state index contributed by atoms with van der Waals surface area (Å²) in [4.78, 5) is 0. The number of aromatic hydroxyl groups is 2. The van der Waals surface area contributed by atoms with Gasteiger partial charge in [-0.1, -0.05) is 6.07 Å². The molecule has 1 rings (SSSR count). The lowest BCUT2D eigenvalue weighted by Crippen LogP contribution is -2.05. The predicted octanol–water partition coefficient (Wildman–Crippen LogP) is 1.13. The van der Waals surface area contributed by atoms with Crippen LogP contribution in [0.15, 0.2) is 12.1 Å². The first-order valence-electron chi connectivity index (χ1n) is 3.82. The zero-order chi connectivity index (χ0) is 9.14. The van der Waals surface area contributed by atoms with Crippen LogP contribution in [0.25, 0.3) is 0 Å². The second kappa shape index (κ2) is 3.45. The van der Waals surface area contributed by atoms with Gasteiger partial charge in [0.1, 0.15) is 11.5 Å². The molecule has 0 fully saturated rings. The first kappa shape index (κ1) is 8.87. The van der Waals surface area contributed by atoms with Gasteiger partial charge in [0.05, 0.1) is 0 Å². The van der Waals surface area contributed by atoms with Gasteiger partial charge in [-0.25, -0.2) is 0 Å². The molecule has 66 valence electrons. The lowest BCUT2D eigenvalue weighted by Gasteiger charge is -2.07. The molecule has 0 aliphatic rings. The number of benzene rings is 1. The highest BCUT2D eigenvalue weighted by Crippen LogP contribution is 2.28. The fourth-order valence-corrected chi connectivity index (χ4v) is 1.08. The maximum Gasteiger partial charge on any atom is 0.126 e. The van der Waals surface area contributed by atoms with Gasteiger partial charge in [-0.3, -0.25) is 0 Å². The summed E-state index contributed by atoms with van der Waals surface area (Å²) in [6.45, 7) is 2.29. The quantitative estimate of drug-likeness (QED) is 0.618. The molecule has 3 nitrogen and oxygen atoms in total. The molecule has 0 aromatic heterocycles. The molecule has 1 aromatic carbocycles. The Morgan fingerprint density at radius 2 is 2.00 bits per heavy atom. The maximum atomic E-state index is 9.51. The van der Waals surface area contributed by atoms with E-state index in [2.05, 4.69) is 5.32 Å². The highest BCUT2D eigenvalue weighted by Gasteiger charge is 2.06. The Hall–Kier alpha value is -1.22.